The van der Waals surface area contributed by atoms with Gasteiger partial charge in [-0.05, 0) is 37.8 Å². The summed E-state index contributed by atoms with van der Waals surface area (Å²) in [6.07, 6.45) is 3.48. The van der Waals surface area contributed by atoms with Crippen molar-refractivity contribution in [3.63, 3.8) is 0 Å². The molecule has 0 aliphatic heterocycles. The molecule has 1 heterocycles. The van der Waals surface area contributed by atoms with Gasteiger partial charge >= 0.3 is 0 Å². The predicted octanol–water partition coefficient (Wildman–Crippen LogP) is 2.60. The molecule has 2 aromatic rings. The van der Waals surface area contributed by atoms with Gasteiger partial charge in [-0.3, -0.25) is 4.79 Å². The van der Waals surface area contributed by atoms with Gasteiger partial charge in [0.05, 0.1) is 22.8 Å². The fourth-order valence-electron chi connectivity index (χ4n) is 2.64. The van der Waals surface area contributed by atoms with Crippen molar-refractivity contribution in [3.05, 3.63) is 40.2 Å². The third-order valence-corrected chi connectivity index (χ3v) is 5.20. The van der Waals surface area contributed by atoms with Crippen molar-refractivity contribution in [2.75, 3.05) is 0 Å². The molecule has 1 saturated carbocycles. The second-order valence-electron chi connectivity index (χ2n) is 5.42. The number of nitrogens with one attached hydrogen (secondary N) is 1. The fraction of sp³-hybridized carbons (Fsp3) is 0.467. The molecular weight excluding hydrogens is 291 g/mol. The lowest BCUT2D eigenvalue weighted by Crippen LogP contribution is -2.20. The van der Waals surface area contributed by atoms with Gasteiger partial charge in [-0.15, -0.1) is 0 Å². The van der Waals surface area contributed by atoms with E-state index >= 15 is 0 Å². The SMILES string of the molecule is O=c1[nH]c(CS[C@H]2CC[C@H](O)CC2)nc2cc(F)ccc12. The van der Waals surface area contributed by atoms with Crippen molar-refractivity contribution in [2.45, 2.75) is 42.8 Å². The highest BCUT2D eigenvalue weighted by Crippen LogP contribution is 2.30. The lowest BCUT2D eigenvalue weighted by Gasteiger charge is -2.24. The molecule has 4 nitrogen and oxygen atoms in total. The van der Waals surface area contributed by atoms with Crippen LogP contribution in [0, 0.1) is 5.82 Å². The van der Waals surface area contributed by atoms with Crippen molar-refractivity contribution in [1.29, 1.82) is 0 Å². The van der Waals surface area contributed by atoms with Gasteiger partial charge in [0.2, 0.25) is 0 Å². The molecule has 1 aliphatic rings. The number of aromatic amines is 1. The molecule has 1 aromatic heterocycles. The molecule has 21 heavy (non-hydrogen) atoms. The molecule has 0 amide bonds. The Bertz CT molecular complexity index is 696. The number of hydrogen-bond donors (Lipinski definition) is 2. The van der Waals surface area contributed by atoms with Gasteiger partial charge in [0.1, 0.15) is 11.6 Å². The summed E-state index contributed by atoms with van der Waals surface area (Å²) >= 11 is 1.74. The maximum Gasteiger partial charge on any atom is 0.258 e. The number of aromatic nitrogens is 2. The highest BCUT2D eigenvalue weighted by molar-refractivity contribution is 7.99. The molecule has 6 heteroatoms. The number of H-pyrrole nitrogens is 1. The second kappa shape index (κ2) is 6.15. The summed E-state index contributed by atoms with van der Waals surface area (Å²) in [6, 6.07) is 4.01. The number of hydrogen-bond acceptors (Lipinski definition) is 4. The van der Waals surface area contributed by atoms with E-state index in [9.17, 15) is 14.3 Å². The number of nitrogens with zero attached hydrogens (tertiary/aromatic N) is 1. The Kier molecular flexibility index (Phi) is 4.26. The Morgan fingerprint density at radius 3 is 2.86 bits per heavy atom. The number of rotatable bonds is 3. The van der Waals surface area contributed by atoms with Crippen LogP contribution in [0.25, 0.3) is 10.9 Å². The zero-order chi connectivity index (χ0) is 14.8. The first-order valence-electron chi connectivity index (χ1n) is 7.10. The number of aliphatic hydroxyl groups excluding tert-OH is 1. The molecule has 1 fully saturated rings. The van der Waals surface area contributed by atoms with Gasteiger partial charge in [-0.2, -0.15) is 11.8 Å². The molecule has 0 saturated heterocycles. The van der Waals surface area contributed by atoms with Crippen molar-refractivity contribution in [1.82, 2.24) is 9.97 Å². The second-order valence-corrected chi connectivity index (χ2v) is 6.70. The summed E-state index contributed by atoms with van der Waals surface area (Å²) in [5.74, 6) is 0.789. The van der Waals surface area contributed by atoms with Gasteiger partial charge < -0.3 is 10.1 Å². The highest BCUT2D eigenvalue weighted by Gasteiger charge is 2.19. The average molecular weight is 308 g/mol. The van der Waals surface area contributed by atoms with Crippen LogP contribution in [-0.2, 0) is 5.75 Å². The summed E-state index contributed by atoms with van der Waals surface area (Å²) in [5, 5.41) is 10.4. The van der Waals surface area contributed by atoms with E-state index in [1.807, 2.05) is 0 Å². The van der Waals surface area contributed by atoms with Crippen LogP contribution in [-0.4, -0.2) is 26.4 Å². The molecule has 3 rings (SSSR count). The number of halogens is 1. The summed E-state index contributed by atoms with van der Waals surface area (Å²) in [5.41, 5.74) is 0.170. The Hall–Kier alpha value is -1.40. The molecular formula is C15H17FN2O2S. The van der Waals surface area contributed by atoms with E-state index in [0.717, 1.165) is 25.7 Å². The average Bonchev–Trinajstić information content (AvgIpc) is 2.46. The van der Waals surface area contributed by atoms with E-state index in [4.69, 9.17) is 0 Å². The Morgan fingerprint density at radius 2 is 2.10 bits per heavy atom. The van der Waals surface area contributed by atoms with Crippen LogP contribution >= 0.6 is 11.8 Å². The summed E-state index contributed by atoms with van der Waals surface area (Å²) < 4.78 is 13.2. The van der Waals surface area contributed by atoms with Gasteiger partial charge in [0.25, 0.3) is 5.56 Å². The molecule has 0 radical (unpaired) electrons. The Labute approximate surface area is 125 Å². The van der Waals surface area contributed by atoms with Gasteiger partial charge in [-0.25, -0.2) is 9.37 Å². The van der Waals surface area contributed by atoms with Gasteiger partial charge in [-0.1, -0.05) is 0 Å². The van der Waals surface area contributed by atoms with E-state index in [-0.39, 0.29) is 17.5 Å². The normalized spacial score (nSPS) is 22.6. The van der Waals surface area contributed by atoms with Crippen LogP contribution in [0.3, 0.4) is 0 Å². The third kappa shape index (κ3) is 3.44. The monoisotopic (exact) mass is 308 g/mol. The van der Waals surface area contributed by atoms with Crippen LogP contribution in [0.15, 0.2) is 23.0 Å². The number of fused-ring (bicyclic) bond motifs is 1. The molecule has 1 aliphatic carbocycles. The zero-order valence-electron chi connectivity index (χ0n) is 11.5. The minimum Gasteiger partial charge on any atom is -0.393 e. The molecule has 0 unspecified atom stereocenters. The first-order chi connectivity index (χ1) is 10.1. The Balaban J connectivity index is 1.74. The van der Waals surface area contributed by atoms with Crippen LogP contribution < -0.4 is 5.56 Å². The quantitative estimate of drug-likeness (QED) is 0.914. The van der Waals surface area contributed by atoms with E-state index in [2.05, 4.69) is 9.97 Å². The van der Waals surface area contributed by atoms with Crippen LogP contribution in [0.4, 0.5) is 4.39 Å². The Morgan fingerprint density at radius 1 is 1.33 bits per heavy atom. The number of aliphatic hydroxyl groups is 1. The van der Waals surface area contributed by atoms with Crippen molar-refractivity contribution in [2.24, 2.45) is 0 Å². The number of benzene rings is 1. The topological polar surface area (TPSA) is 66.0 Å². The maximum absolute atomic E-state index is 13.2. The van der Waals surface area contributed by atoms with Crippen LogP contribution in [0.2, 0.25) is 0 Å². The third-order valence-electron chi connectivity index (χ3n) is 3.82. The van der Waals surface area contributed by atoms with Crippen molar-refractivity contribution in [3.8, 4) is 0 Å². The minimum atomic E-state index is -0.388. The van der Waals surface area contributed by atoms with Crippen LogP contribution in [0.5, 0.6) is 0 Å². The van der Waals surface area contributed by atoms with E-state index < -0.39 is 0 Å². The van der Waals surface area contributed by atoms with Gasteiger partial charge in [0, 0.05) is 11.3 Å². The molecule has 0 atom stereocenters. The molecule has 2 N–H and O–H groups in total. The summed E-state index contributed by atoms with van der Waals surface area (Å²) in [4.78, 5) is 19.0. The standard InChI is InChI=1S/C15H17FN2O2S/c16-9-1-6-12-13(7-9)17-14(18-15(12)20)8-21-11-4-2-10(19)3-5-11/h1,6-7,10-11,19H,2-5,8H2,(H,17,18,20)/t10-,11-. The first-order valence-corrected chi connectivity index (χ1v) is 8.15. The van der Waals surface area contributed by atoms with Crippen molar-refractivity contribution >= 4 is 22.7 Å². The van der Waals surface area contributed by atoms with E-state index in [0.29, 0.717) is 27.7 Å². The molecule has 0 bridgehead atoms. The molecule has 1 aromatic carbocycles. The number of thioether (sulfide) groups is 1. The summed E-state index contributed by atoms with van der Waals surface area (Å²) in [7, 11) is 0. The lowest BCUT2D eigenvalue weighted by molar-refractivity contribution is 0.132. The van der Waals surface area contributed by atoms with E-state index in [1.165, 1.54) is 18.2 Å². The minimum absolute atomic E-state index is 0.163. The first kappa shape index (κ1) is 14.5. The van der Waals surface area contributed by atoms with Gasteiger partial charge in [0.15, 0.2) is 0 Å². The zero-order valence-corrected chi connectivity index (χ0v) is 12.3. The lowest BCUT2D eigenvalue weighted by atomic mass is 9.97. The fourth-order valence-corrected chi connectivity index (χ4v) is 3.77. The predicted molar refractivity (Wildman–Crippen MR) is 81.9 cm³/mol. The van der Waals surface area contributed by atoms with Crippen molar-refractivity contribution < 1.29 is 9.50 Å². The summed E-state index contributed by atoms with van der Waals surface area (Å²) in [6.45, 7) is 0. The molecule has 112 valence electrons. The van der Waals surface area contributed by atoms with E-state index in [1.54, 1.807) is 11.8 Å². The van der Waals surface area contributed by atoms with Crippen LogP contribution in [0.1, 0.15) is 31.5 Å². The highest BCUT2D eigenvalue weighted by atomic mass is 32.2. The largest absolute Gasteiger partial charge is 0.393 e. The maximum atomic E-state index is 13.2. The smallest absolute Gasteiger partial charge is 0.258 e. The molecule has 0 spiro atoms.